The molecule has 6 heteroatoms. The van der Waals surface area contributed by atoms with E-state index in [1.807, 2.05) is 0 Å². The highest BCUT2D eigenvalue weighted by Gasteiger charge is 2.16. The van der Waals surface area contributed by atoms with Gasteiger partial charge in [-0.3, -0.25) is 4.79 Å². The molecule has 0 spiro atoms. The predicted octanol–water partition coefficient (Wildman–Crippen LogP) is 0.330. The SMILES string of the molecule is C[C@H](N)C(=O)NOC1CCCCO1.Cl. The Bertz CT molecular complexity index is 172. The maximum absolute atomic E-state index is 11.0. The first-order valence-electron chi connectivity index (χ1n) is 4.53. The van der Waals surface area contributed by atoms with Crippen LogP contribution in [0.5, 0.6) is 0 Å². The number of ether oxygens (including phenoxy) is 1. The van der Waals surface area contributed by atoms with Crippen molar-refractivity contribution >= 4 is 18.3 Å². The third-order valence-electron chi connectivity index (χ3n) is 1.84. The van der Waals surface area contributed by atoms with Crippen LogP contribution in [0.1, 0.15) is 26.2 Å². The number of hydroxylamine groups is 1. The van der Waals surface area contributed by atoms with Gasteiger partial charge >= 0.3 is 0 Å². The third-order valence-corrected chi connectivity index (χ3v) is 1.84. The Kier molecular flexibility index (Phi) is 6.82. The number of carbonyl (C=O) groups is 1. The van der Waals surface area contributed by atoms with Crippen molar-refractivity contribution in [3.63, 3.8) is 0 Å². The third kappa shape index (κ3) is 4.76. The monoisotopic (exact) mass is 224 g/mol. The van der Waals surface area contributed by atoms with Crippen molar-refractivity contribution in [1.82, 2.24) is 5.48 Å². The molecular weight excluding hydrogens is 208 g/mol. The Balaban J connectivity index is 0.00000169. The summed E-state index contributed by atoms with van der Waals surface area (Å²) in [6, 6.07) is -0.552. The van der Waals surface area contributed by atoms with Crippen molar-refractivity contribution in [1.29, 1.82) is 0 Å². The number of hydrogen-bond donors (Lipinski definition) is 2. The molecule has 1 aliphatic heterocycles. The lowest BCUT2D eigenvalue weighted by Crippen LogP contribution is -2.41. The molecule has 2 atom stereocenters. The highest BCUT2D eigenvalue weighted by Crippen LogP contribution is 2.12. The van der Waals surface area contributed by atoms with Crippen LogP contribution in [0.4, 0.5) is 0 Å². The van der Waals surface area contributed by atoms with E-state index < -0.39 is 6.04 Å². The summed E-state index contributed by atoms with van der Waals surface area (Å²) < 4.78 is 5.23. The molecule has 1 unspecified atom stereocenters. The van der Waals surface area contributed by atoms with Crippen molar-refractivity contribution in [3.8, 4) is 0 Å². The number of nitrogens with two attached hydrogens (primary N) is 1. The van der Waals surface area contributed by atoms with E-state index in [-0.39, 0.29) is 24.6 Å². The molecule has 1 heterocycles. The molecule has 0 aliphatic carbocycles. The van der Waals surface area contributed by atoms with Crippen molar-refractivity contribution in [3.05, 3.63) is 0 Å². The Labute approximate surface area is 89.7 Å². The zero-order valence-corrected chi connectivity index (χ0v) is 9.01. The topological polar surface area (TPSA) is 73.6 Å². The van der Waals surface area contributed by atoms with Crippen LogP contribution in [-0.2, 0) is 14.4 Å². The van der Waals surface area contributed by atoms with Crippen LogP contribution in [-0.4, -0.2) is 24.8 Å². The molecule has 0 radical (unpaired) electrons. The molecule has 0 saturated carbocycles. The minimum absolute atomic E-state index is 0. The zero-order valence-electron chi connectivity index (χ0n) is 8.19. The fraction of sp³-hybridized carbons (Fsp3) is 0.875. The molecule has 1 rings (SSSR count). The van der Waals surface area contributed by atoms with Gasteiger partial charge in [-0.05, 0) is 19.8 Å². The molecule has 84 valence electrons. The Morgan fingerprint density at radius 3 is 2.86 bits per heavy atom. The summed E-state index contributed by atoms with van der Waals surface area (Å²) >= 11 is 0. The first-order valence-corrected chi connectivity index (χ1v) is 4.53. The molecule has 1 fully saturated rings. The van der Waals surface area contributed by atoms with Crippen LogP contribution in [0.3, 0.4) is 0 Å². The maximum Gasteiger partial charge on any atom is 0.260 e. The van der Waals surface area contributed by atoms with Gasteiger partial charge in [0.2, 0.25) is 0 Å². The van der Waals surface area contributed by atoms with Crippen LogP contribution in [0.25, 0.3) is 0 Å². The van der Waals surface area contributed by atoms with Crippen LogP contribution in [0.2, 0.25) is 0 Å². The number of rotatable bonds is 3. The second kappa shape index (κ2) is 7.00. The lowest BCUT2D eigenvalue weighted by molar-refractivity contribution is -0.200. The summed E-state index contributed by atoms with van der Waals surface area (Å²) in [6.45, 7) is 2.29. The van der Waals surface area contributed by atoms with E-state index in [2.05, 4.69) is 5.48 Å². The number of amides is 1. The van der Waals surface area contributed by atoms with Crippen LogP contribution in [0, 0.1) is 0 Å². The van der Waals surface area contributed by atoms with E-state index in [1.54, 1.807) is 6.92 Å². The highest BCUT2D eigenvalue weighted by molar-refractivity contribution is 5.85. The predicted molar refractivity (Wildman–Crippen MR) is 53.7 cm³/mol. The first-order chi connectivity index (χ1) is 6.20. The summed E-state index contributed by atoms with van der Waals surface area (Å²) in [5, 5.41) is 0. The minimum Gasteiger partial charge on any atom is -0.350 e. The second-order valence-electron chi connectivity index (χ2n) is 3.17. The summed E-state index contributed by atoms with van der Waals surface area (Å²) in [7, 11) is 0. The van der Waals surface area contributed by atoms with Crippen molar-refractivity contribution in [2.45, 2.75) is 38.5 Å². The van der Waals surface area contributed by atoms with E-state index in [1.165, 1.54) is 0 Å². The quantitative estimate of drug-likeness (QED) is 0.678. The molecule has 0 aromatic heterocycles. The second-order valence-corrected chi connectivity index (χ2v) is 3.17. The largest absolute Gasteiger partial charge is 0.350 e. The Hall–Kier alpha value is -0.360. The number of nitrogens with one attached hydrogen (secondary N) is 1. The molecule has 1 saturated heterocycles. The molecule has 0 aromatic carbocycles. The average Bonchev–Trinajstić information content (AvgIpc) is 2.15. The zero-order chi connectivity index (χ0) is 9.68. The van der Waals surface area contributed by atoms with Gasteiger partial charge in [-0.1, -0.05) is 0 Å². The highest BCUT2D eigenvalue weighted by atomic mass is 35.5. The molecule has 0 bridgehead atoms. The van der Waals surface area contributed by atoms with Crippen molar-refractivity contribution in [2.75, 3.05) is 6.61 Å². The average molecular weight is 225 g/mol. The van der Waals surface area contributed by atoms with Gasteiger partial charge in [-0.2, -0.15) is 0 Å². The molecule has 1 aliphatic rings. The van der Waals surface area contributed by atoms with Gasteiger partial charge in [0.25, 0.3) is 5.91 Å². The number of hydrogen-bond acceptors (Lipinski definition) is 4. The summed E-state index contributed by atoms with van der Waals surface area (Å²) in [6.07, 6.45) is 2.63. The lowest BCUT2D eigenvalue weighted by Gasteiger charge is -2.22. The van der Waals surface area contributed by atoms with E-state index >= 15 is 0 Å². The van der Waals surface area contributed by atoms with Gasteiger partial charge in [0.1, 0.15) is 0 Å². The minimum atomic E-state index is -0.552. The molecule has 14 heavy (non-hydrogen) atoms. The van der Waals surface area contributed by atoms with E-state index in [0.717, 1.165) is 19.3 Å². The van der Waals surface area contributed by atoms with Crippen LogP contribution in [0.15, 0.2) is 0 Å². The summed E-state index contributed by atoms with van der Waals surface area (Å²) in [4.78, 5) is 16.0. The van der Waals surface area contributed by atoms with Gasteiger partial charge in [-0.25, -0.2) is 10.3 Å². The van der Waals surface area contributed by atoms with Gasteiger partial charge in [0.05, 0.1) is 6.04 Å². The van der Waals surface area contributed by atoms with Crippen molar-refractivity contribution < 1.29 is 14.4 Å². The number of carbonyl (C=O) groups excluding carboxylic acids is 1. The molecule has 3 N–H and O–H groups in total. The Morgan fingerprint density at radius 2 is 2.36 bits per heavy atom. The van der Waals surface area contributed by atoms with Crippen molar-refractivity contribution in [2.24, 2.45) is 5.73 Å². The normalized spacial score (nSPS) is 23.4. The smallest absolute Gasteiger partial charge is 0.260 e. The van der Waals surface area contributed by atoms with E-state index in [9.17, 15) is 4.79 Å². The first kappa shape index (κ1) is 13.6. The molecular formula is C8H17ClN2O3. The lowest BCUT2D eigenvalue weighted by atomic mass is 10.2. The Morgan fingerprint density at radius 1 is 1.64 bits per heavy atom. The van der Waals surface area contributed by atoms with Gasteiger partial charge in [0, 0.05) is 13.0 Å². The molecule has 0 aromatic rings. The molecule has 5 nitrogen and oxygen atoms in total. The van der Waals surface area contributed by atoms with Gasteiger partial charge in [0.15, 0.2) is 6.29 Å². The van der Waals surface area contributed by atoms with Crippen LogP contribution < -0.4 is 11.2 Å². The summed E-state index contributed by atoms with van der Waals surface area (Å²) in [5.41, 5.74) is 7.58. The van der Waals surface area contributed by atoms with Gasteiger partial charge in [-0.15, -0.1) is 12.4 Å². The standard InChI is InChI=1S/C8H16N2O3.ClH/c1-6(9)8(11)10-13-7-4-2-3-5-12-7;/h6-7H,2-5,9H2,1H3,(H,10,11);1H/t6-,7?;/m0./s1. The van der Waals surface area contributed by atoms with E-state index in [4.69, 9.17) is 15.3 Å². The van der Waals surface area contributed by atoms with Crippen LogP contribution >= 0.6 is 12.4 Å². The van der Waals surface area contributed by atoms with Gasteiger partial charge < -0.3 is 10.5 Å². The fourth-order valence-corrected chi connectivity index (χ4v) is 1.02. The summed E-state index contributed by atoms with van der Waals surface area (Å²) in [5.74, 6) is -0.325. The molecule has 1 amide bonds. The number of halogens is 1. The fourth-order valence-electron chi connectivity index (χ4n) is 1.02. The maximum atomic E-state index is 11.0. The van der Waals surface area contributed by atoms with E-state index in [0.29, 0.717) is 6.61 Å².